The molecule has 1 unspecified atom stereocenters. The number of halogens is 1. The standard InChI is InChI=1S/C21H31BrN2O6/c1-6-8-24(20(3,4)5)18(27)16-21-11-12(22)15(30-21)13(19(28)29-7-2)14(21)17(26)23(16)9-10-25/h6,12-16,25H,1,7-11H2,2-5H3/t12?,13-,14+,15-,16-,21+/m0/s1. The predicted octanol–water partition coefficient (Wildman–Crippen LogP) is 1.10. The van der Waals surface area contributed by atoms with Crippen LogP contribution in [0.2, 0.25) is 0 Å². The van der Waals surface area contributed by atoms with E-state index in [0.29, 0.717) is 13.0 Å². The van der Waals surface area contributed by atoms with E-state index in [0.717, 1.165) is 0 Å². The molecule has 2 amide bonds. The fraction of sp³-hybridized carbons (Fsp3) is 0.762. The van der Waals surface area contributed by atoms with Crippen molar-refractivity contribution in [2.24, 2.45) is 11.8 Å². The number of β-amino-alcohol motifs (C(OH)–C–C–N with tert-alkyl or cyclic N) is 1. The summed E-state index contributed by atoms with van der Waals surface area (Å²) in [5, 5.41) is 9.61. The zero-order chi connectivity index (χ0) is 22.4. The normalized spacial score (nSPS) is 34.8. The third kappa shape index (κ3) is 3.39. The van der Waals surface area contributed by atoms with E-state index < -0.39 is 41.1 Å². The van der Waals surface area contributed by atoms with Gasteiger partial charge in [0.25, 0.3) is 0 Å². The lowest BCUT2D eigenvalue weighted by Crippen LogP contribution is -2.60. The quantitative estimate of drug-likeness (QED) is 0.328. The van der Waals surface area contributed by atoms with Crippen molar-refractivity contribution >= 4 is 33.7 Å². The van der Waals surface area contributed by atoms with Gasteiger partial charge in [0.05, 0.1) is 31.2 Å². The molecule has 2 bridgehead atoms. The second-order valence-corrected chi connectivity index (χ2v) is 10.3. The van der Waals surface area contributed by atoms with Gasteiger partial charge in [-0.05, 0) is 34.1 Å². The fourth-order valence-electron chi connectivity index (χ4n) is 5.24. The first-order chi connectivity index (χ1) is 14.0. The first kappa shape index (κ1) is 23.2. The molecular weight excluding hydrogens is 456 g/mol. The summed E-state index contributed by atoms with van der Waals surface area (Å²) in [6.45, 7) is 11.4. The lowest BCUT2D eigenvalue weighted by molar-refractivity contribution is -0.155. The number of nitrogens with zero attached hydrogens (tertiary/aromatic N) is 2. The minimum absolute atomic E-state index is 0.00388. The summed E-state index contributed by atoms with van der Waals surface area (Å²) in [5.74, 6) is -2.67. The van der Waals surface area contributed by atoms with Crippen molar-refractivity contribution in [3.63, 3.8) is 0 Å². The van der Waals surface area contributed by atoms with E-state index in [2.05, 4.69) is 22.5 Å². The molecule has 168 valence electrons. The number of amides is 2. The molecule has 9 heteroatoms. The maximum atomic E-state index is 13.8. The number of carbonyl (C=O) groups excluding carboxylic acids is 3. The molecule has 3 saturated heterocycles. The third-order valence-corrected chi connectivity index (χ3v) is 7.15. The van der Waals surface area contributed by atoms with Crippen LogP contribution in [0.4, 0.5) is 0 Å². The summed E-state index contributed by atoms with van der Waals surface area (Å²) >= 11 is 3.60. The SMILES string of the molecule is C=CCN(C(=O)[C@@H]1N(CCO)C(=O)[C@H]2[C@H](C(=O)OCC)[C@H]3O[C@@]12CC3Br)C(C)(C)C. The highest BCUT2D eigenvalue weighted by Crippen LogP contribution is 2.60. The molecule has 3 rings (SSSR count). The number of ether oxygens (including phenoxy) is 2. The average molecular weight is 487 g/mol. The van der Waals surface area contributed by atoms with Gasteiger partial charge in [0, 0.05) is 23.5 Å². The van der Waals surface area contributed by atoms with E-state index >= 15 is 0 Å². The average Bonchev–Trinajstić information content (AvgIpc) is 3.23. The Labute approximate surface area is 185 Å². The van der Waals surface area contributed by atoms with Crippen LogP contribution >= 0.6 is 15.9 Å². The summed E-state index contributed by atoms with van der Waals surface area (Å²) in [6, 6.07) is -0.925. The molecule has 3 aliphatic heterocycles. The molecule has 30 heavy (non-hydrogen) atoms. The molecule has 1 N–H and O–H groups in total. The maximum Gasteiger partial charge on any atom is 0.312 e. The minimum Gasteiger partial charge on any atom is -0.466 e. The summed E-state index contributed by atoms with van der Waals surface area (Å²) in [7, 11) is 0. The molecule has 0 aromatic rings. The van der Waals surface area contributed by atoms with Crippen molar-refractivity contribution in [2.45, 2.75) is 62.2 Å². The van der Waals surface area contributed by atoms with E-state index in [1.54, 1.807) is 17.9 Å². The number of fused-ring (bicyclic) bond motifs is 1. The fourth-order valence-corrected chi connectivity index (χ4v) is 6.18. The number of hydrogen-bond acceptors (Lipinski definition) is 6. The molecule has 3 aliphatic rings. The second-order valence-electron chi connectivity index (χ2n) is 9.08. The largest absolute Gasteiger partial charge is 0.466 e. The molecule has 0 aromatic carbocycles. The molecular formula is C21H31BrN2O6. The smallest absolute Gasteiger partial charge is 0.312 e. The molecule has 8 nitrogen and oxygen atoms in total. The van der Waals surface area contributed by atoms with Gasteiger partial charge in [0.1, 0.15) is 11.6 Å². The summed E-state index contributed by atoms with van der Waals surface area (Å²) < 4.78 is 11.6. The highest BCUT2D eigenvalue weighted by atomic mass is 79.9. The molecule has 6 atom stereocenters. The number of alkyl halides is 1. The van der Waals surface area contributed by atoms with Crippen molar-refractivity contribution in [3.8, 4) is 0 Å². The first-order valence-electron chi connectivity index (χ1n) is 10.4. The van der Waals surface area contributed by atoms with E-state index in [1.807, 2.05) is 20.8 Å². The van der Waals surface area contributed by atoms with Gasteiger partial charge >= 0.3 is 5.97 Å². The number of rotatable bonds is 7. The second kappa shape index (κ2) is 8.24. The summed E-state index contributed by atoms with van der Waals surface area (Å²) in [4.78, 5) is 42.9. The van der Waals surface area contributed by atoms with Crippen LogP contribution in [0.15, 0.2) is 12.7 Å². The zero-order valence-corrected chi connectivity index (χ0v) is 19.6. The van der Waals surface area contributed by atoms with Gasteiger partial charge in [-0.2, -0.15) is 0 Å². The van der Waals surface area contributed by atoms with Crippen molar-refractivity contribution < 1.29 is 29.0 Å². The van der Waals surface area contributed by atoms with Gasteiger partial charge in [-0.1, -0.05) is 22.0 Å². The number of esters is 1. The monoisotopic (exact) mass is 486 g/mol. The van der Waals surface area contributed by atoms with Crippen LogP contribution < -0.4 is 0 Å². The molecule has 3 heterocycles. The zero-order valence-electron chi connectivity index (χ0n) is 18.0. The highest BCUT2D eigenvalue weighted by molar-refractivity contribution is 9.09. The Hall–Kier alpha value is -1.45. The van der Waals surface area contributed by atoms with E-state index in [1.165, 1.54) is 4.90 Å². The van der Waals surface area contributed by atoms with Crippen LogP contribution in [0.3, 0.4) is 0 Å². The van der Waals surface area contributed by atoms with E-state index in [9.17, 15) is 19.5 Å². The Kier molecular flexibility index (Phi) is 6.38. The van der Waals surface area contributed by atoms with Crippen LogP contribution in [0, 0.1) is 11.8 Å². The molecule has 0 radical (unpaired) electrons. The maximum absolute atomic E-state index is 13.8. The molecule has 0 aliphatic carbocycles. The van der Waals surface area contributed by atoms with Crippen LogP contribution in [-0.4, -0.2) is 87.1 Å². The summed E-state index contributed by atoms with van der Waals surface area (Å²) in [5.41, 5.74) is -1.65. The van der Waals surface area contributed by atoms with Gasteiger partial charge in [-0.25, -0.2) is 0 Å². The number of aliphatic hydroxyl groups is 1. The van der Waals surface area contributed by atoms with Gasteiger partial charge in [-0.3, -0.25) is 14.4 Å². The van der Waals surface area contributed by atoms with Crippen LogP contribution in [-0.2, 0) is 23.9 Å². The van der Waals surface area contributed by atoms with E-state index in [-0.39, 0.29) is 36.4 Å². The Morgan fingerprint density at radius 3 is 2.67 bits per heavy atom. The topological polar surface area (TPSA) is 96.4 Å². The Morgan fingerprint density at radius 2 is 2.13 bits per heavy atom. The third-order valence-electron chi connectivity index (χ3n) is 6.31. The number of hydrogen-bond donors (Lipinski definition) is 1. The molecule has 0 saturated carbocycles. The highest BCUT2D eigenvalue weighted by Gasteiger charge is 2.77. The van der Waals surface area contributed by atoms with Gasteiger partial charge < -0.3 is 24.4 Å². The van der Waals surface area contributed by atoms with Crippen molar-refractivity contribution in [1.29, 1.82) is 0 Å². The molecule has 0 aromatic heterocycles. The first-order valence-corrected chi connectivity index (χ1v) is 11.3. The van der Waals surface area contributed by atoms with Crippen LogP contribution in [0.25, 0.3) is 0 Å². The van der Waals surface area contributed by atoms with Crippen molar-refractivity contribution in [2.75, 3.05) is 26.3 Å². The Bertz CT molecular complexity index is 737. The minimum atomic E-state index is -1.13. The van der Waals surface area contributed by atoms with E-state index in [4.69, 9.17) is 9.47 Å². The number of aliphatic hydroxyl groups excluding tert-OH is 1. The molecule has 1 spiro atoms. The van der Waals surface area contributed by atoms with Gasteiger partial charge in [0.15, 0.2) is 0 Å². The number of carbonyl (C=O) groups is 3. The predicted molar refractivity (Wildman–Crippen MR) is 113 cm³/mol. The summed E-state index contributed by atoms with van der Waals surface area (Å²) in [6.07, 6.45) is 1.54. The lowest BCUT2D eigenvalue weighted by atomic mass is 9.70. The molecule has 3 fully saturated rings. The number of likely N-dealkylation sites (tertiary alicyclic amines) is 1. The van der Waals surface area contributed by atoms with Crippen LogP contribution in [0.1, 0.15) is 34.1 Å². The Balaban J connectivity index is 2.08. The lowest BCUT2D eigenvalue weighted by Gasteiger charge is -2.42. The van der Waals surface area contributed by atoms with Crippen molar-refractivity contribution in [3.05, 3.63) is 12.7 Å². The van der Waals surface area contributed by atoms with Gasteiger partial charge in [-0.15, -0.1) is 6.58 Å². The van der Waals surface area contributed by atoms with Crippen molar-refractivity contribution in [1.82, 2.24) is 9.80 Å². The van der Waals surface area contributed by atoms with Crippen LogP contribution in [0.5, 0.6) is 0 Å². The van der Waals surface area contributed by atoms with Gasteiger partial charge in [0.2, 0.25) is 11.8 Å². The Morgan fingerprint density at radius 1 is 1.47 bits per heavy atom.